The molecule has 0 unspecified atom stereocenters. The van der Waals surface area contributed by atoms with E-state index in [4.69, 9.17) is 0 Å². The molecule has 0 aromatic heterocycles. The predicted octanol–water partition coefficient (Wildman–Crippen LogP) is 2.34. The monoisotopic (exact) mass is 378 g/mol. The Kier molecular flexibility index (Phi) is 7.29. The van der Waals surface area contributed by atoms with E-state index in [1.54, 1.807) is 12.1 Å². The molecule has 0 aliphatic rings. The maximum Gasteiger partial charge on any atom is 0.235 e. The summed E-state index contributed by atoms with van der Waals surface area (Å²) in [6, 6.07) is 15.4. The van der Waals surface area contributed by atoms with Crippen LogP contribution in [0.5, 0.6) is 0 Å². The Balaban J connectivity index is 1.80. The van der Waals surface area contributed by atoms with Crippen LogP contribution >= 0.6 is 0 Å². The van der Waals surface area contributed by atoms with Crippen molar-refractivity contribution in [3.8, 4) is 0 Å². The molecule has 140 valence electrons. The van der Waals surface area contributed by atoms with Crippen molar-refractivity contribution in [3.63, 3.8) is 0 Å². The Labute approximate surface area is 153 Å². The second-order valence-corrected chi connectivity index (χ2v) is 8.08. The molecule has 0 saturated carbocycles. The van der Waals surface area contributed by atoms with E-state index in [2.05, 4.69) is 5.32 Å². The normalized spacial score (nSPS) is 11.5. The average Bonchev–Trinajstić information content (AvgIpc) is 2.60. The highest BCUT2D eigenvalue weighted by Gasteiger charge is 2.20. The number of rotatable bonds is 9. The SMILES string of the molecule is CS(=O)(=O)N(CC(=O)NCCCc1ccc(F)cc1)Cc1ccccc1. The molecule has 5 nitrogen and oxygen atoms in total. The first-order valence-electron chi connectivity index (χ1n) is 8.35. The molecule has 2 aromatic carbocycles. The number of nitrogens with one attached hydrogen (secondary N) is 1. The van der Waals surface area contributed by atoms with Gasteiger partial charge >= 0.3 is 0 Å². The summed E-state index contributed by atoms with van der Waals surface area (Å²) in [6.07, 6.45) is 2.49. The van der Waals surface area contributed by atoms with Crippen molar-refractivity contribution in [1.82, 2.24) is 9.62 Å². The third kappa shape index (κ3) is 6.93. The number of benzene rings is 2. The molecule has 26 heavy (non-hydrogen) atoms. The zero-order valence-corrected chi connectivity index (χ0v) is 15.5. The smallest absolute Gasteiger partial charge is 0.235 e. The molecule has 0 fully saturated rings. The number of carbonyl (C=O) groups is 1. The van der Waals surface area contributed by atoms with Crippen molar-refractivity contribution in [2.24, 2.45) is 0 Å². The molecule has 0 spiro atoms. The van der Waals surface area contributed by atoms with Gasteiger partial charge in [0.1, 0.15) is 5.82 Å². The van der Waals surface area contributed by atoms with Gasteiger partial charge in [-0.15, -0.1) is 0 Å². The quantitative estimate of drug-likeness (QED) is 0.681. The molecular formula is C19H23FN2O3S. The minimum absolute atomic E-state index is 0.155. The third-order valence-electron chi connectivity index (χ3n) is 3.87. The molecule has 0 aliphatic heterocycles. The fourth-order valence-corrected chi connectivity index (χ4v) is 3.20. The molecular weight excluding hydrogens is 355 g/mol. The van der Waals surface area contributed by atoms with Crippen LogP contribution < -0.4 is 5.32 Å². The third-order valence-corrected chi connectivity index (χ3v) is 5.06. The van der Waals surface area contributed by atoms with Gasteiger partial charge in [-0.25, -0.2) is 12.8 Å². The van der Waals surface area contributed by atoms with Crippen LogP contribution in [0.3, 0.4) is 0 Å². The highest BCUT2D eigenvalue weighted by atomic mass is 32.2. The lowest BCUT2D eigenvalue weighted by atomic mass is 10.1. The minimum Gasteiger partial charge on any atom is -0.355 e. The van der Waals surface area contributed by atoms with Gasteiger partial charge in [0.2, 0.25) is 15.9 Å². The Morgan fingerprint density at radius 3 is 2.31 bits per heavy atom. The second kappa shape index (κ2) is 9.45. The van der Waals surface area contributed by atoms with Gasteiger partial charge in [0, 0.05) is 13.1 Å². The largest absolute Gasteiger partial charge is 0.355 e. The number of sulfonamides is 1. The molecule has 1 amide bonds. The van der Waals surface area contributed by atoms with Crippen LogP contribution in [0.4, 0.5) is 4.39 Å². The molecule has 0 aliphatic carbocycles. The summed E-state index contributed by atoms with van der Waals surface area (Å²) in [5.74, 6) is -0.619. The van der Waals surface area contributed by atoms with E-state index in [-0.39, 0.29) is 24.8 Å². The molecule has 0 heterocycles. The number of halogens is 1. The predicted molar refractivity (Wildman–Crippen MR) is 99.4 cm³/mol. The van der Waals surface area contributed by atoms with E-state index >= 15 is 0 Å². The number of nitrogens with zero attached hydrogens (tertiary/aromatic N) is 1. The molecule has 0 radical (unpaired) electrons. The van der Waals surface area contributed by atoms with Gasteiger partial charge in [-0.2, -0.15) is 4.31 Å². The average molecular weight is 378 g/mol. The van der Waals surface area contributed by atoms with E-state index in [1.165, 1.54) is 12.1 Å². The summed E-state index contributed by atoms with van der Waals surface area (Å²) in [5, 5.41) is 2.73. The second-order valence-electron chi connectivity index (χ2n) is 6.10. The molecule has 1 N–H and O–H groups in total. The standard InChI is InChI=1S/C19H23FN2O3S/c1-26(24,25)22(14-17-6-3-2-4-7-17)15-19(23)21-13-5-8-16-9-11-18(20)12-10-16/h2-4,6-7,9-12H,5,8,13-15H2,1H3,(H,21,23). The van der Waals surface area contributed by atoms with Crippen LogP contribution in [0.25, 0.3) is 0 Å². The molecule has 2 aromatic rings. The van der Waals surface area contributed by atoms with Crippen LogP contribution in [0.15, 0.2) is 54.6 Å². The van der Waals surface area contributed by atoms with Crippen molar-refractivity contribution in [1.29, 1.82) is 0 Å². The van der Waals surface area contributed by atoms with Crippen LogP contribution in [0.1, 0.15) is 17.5 Å². The Morgan fingerprint density at radius 2 is 1.69 bits per heavy atom. The van der Waals surface area contributed by atoms with Crippen molar-refractivity contribution in [2.45, 2.75) is 19.4 Å². The van der Waals surface area contributed by atoms with Gasteiger partial charge in [0.25, 0.3) is 0 Å². The Hall–Kier alpha value is -2.25. The summed E-state index contributed by atoms with van der Waals surface area (Å²) >= 11 is 0. The van der Waals surface area contributed by atoms with Gasteiger partial charge in [0.05, 0.1) is 12.8 Å². The first-order valence-corrected chi connectivity index (χ1v) is 10.2. The van der Waals surface area contributed by atoms with E-state index in [0.29, 0.717) is 19.4 Å². The van der Waals surface area contributed by atoms with E-state index < -0.39 is 10.0 Å². The number of carbonyl (C=O) groups excluding carboxylic acids is 1. The van der Waals surface area contributed by atoms with Crippen LogP contribution in [0.2, 0.25) is 0 Å². The fourth-order valence-electron chi connectivity index (χ4n) is 2.46. The summed E-state index contributed by atoms with van der Waals surface area (Å²) in [4.78, 5) is 12.1. The van der Waals surface area contributed by atoms with Crippen LogP contribution in [-0.2, 0) is 27.8 Å². The van der Waals surface area contributed by atoms with E-state index in [1.807, 2.05) is 30.3 Å². The highest BCUT2D eigenvalue weighted by Crippen LogP contribution is 2.08. The van der Waals surface area contributed by atoms with Crippen molar-refractivity contribution in [3.05, 3.63) is 71.5 Å². The first kappa shape index (κ1) is 20.1. The first-order chi connectivity index (χ1) is 12.3. The zero-order valence-electron chi connectivity index (χ0n) is 14.7. The summed E-state index contributed by atoms with van der Waals surface area (Å²) in [6.45, 7) is 0.367. The Morgan fingerprint density at radius 1 is 1.04 bits per heavy atom. The van der Waals surface area contributed by atoms with Crippen molar-refractivity contribution >= 4 is 15.9 Å². The summed E-state index contributed by atoms with van der Waals surface area (Å²) in [5.41, 5.74) is 1.81. The van der Waals surface area contributed by atoms with E-state index in [9.17, 15) is 17.6 Å². The molecule has 0 atom stereocenters. The van der Waals surface area contributed by atoms with Gasteiger partial charge in [0.15, 0.2) is 0 Å². The lowest BCUT2D eigenvalue weighted by molar-refractivity contribution is -0.121. The van der Waals surface area contributed by atoms with Crippen LogP contribution in [-0.4, -0.2) is 38.0 Å². The van der Waals surface area contributed by atoms with Gasteiger partial charge in [-0.3, -0.25) is 4.79 Å². The number of hydrogen-bond donors (Lipinski definition) is 1. The van der Waals surface area contributed by atoms with Gasteiger partial charge < -0.3 is 5.32 Å². The maximum atomic E-state index is 12.8. The highest BCUT2D eigenvalue weighted by molar-refractivity contribution is 7.88. The number of amides is 1. The van der Waals surface area contributed by atoms with Crippen molar-refractivity contribution in [2.75, 3.05) is 19.3 Å². The molecule has 7 heteroatoms. The summed E-state index contributed by atoms with van der Waals surface area (Å²) in [7, 11) is -3.50. The molecule has 0 bridgehead atoms. The lowest BCUT2D eigenvalue weighted by Crippen LogP contribution is -2.40. The lowest BCUT2D eigenvalue weighted by Gasteiger charge is -2.19. The van der Waals surface area contributed by atoms with E-state index in [0.717, 1.165) is 21.7 Å². The van der Waals surface area contributed by atoms with Crippen molar-refractivity contribution < 1.29 is 17.6 Å². The zero-order chi connectivity index (χ0) is 19.0. The minimum atomic E-state index is -3.50. The molecule has 2 rings (SSSR count). The summed E-state index contributed by atoms with van der Waals surface area (Å²) < 4.78 is 37.9. The number of aryl methyl sites for hydroxylation is 1. The Bertz CT molecular complexity index is 808. The van der Waals surface area contributed by atoms with Gasteiger partial charge in [-0.1, -0.05) is 42.5 Å². The van der Waals surface area contributed by atoms with Crippen LogP contribution in [0, 0.1) is 5.82 Å². The topological polar surface area (TPSA) is 66.5 Å². The number of hydrogen-bond acceptors (Lipinski definition) is 3. The maximum absolute atomic E-state index is 12.8. The van der Waals surface area contributed by atoms with Gasteiger partial charge in [-0.05, 0) is 36.1 Å². The molecule has 0 saturated heterocycles. The fraction of sp³-hybridized carbons (Fsp3) is 0.316.